The number of rotatable bonds is 7. The van der Waals surface area contributed by atoms with Crippen LogP contribution in [0.1, 0.15) is 29.4 Å². The van der Waals surface area contributed by atoms with Gasteiger partial charge in [0, 0.05) is 18.4 Å². The fourth-order valence-electron chi connectivity index (χ4n) is 2.04. The largest absolute Gasteiger partial charge is 0.494 e. The van der Waals surface area contributed by atoms with Crippen LogP contribution in [0.15, 0.2) is 30.5 Å². The van der Waals surface area contributed by atoms with Crippen molar-refractivity contribution in [2.45, 2.75) is 19.8 Å². The topological polar surface area (TPSA) is 84.6 Å². The lowest BCUT2D eigenvalue weighted by atomic mass is 10.1. The summed E-state index contributed by atoms with van der Waals surface area (Å²) in [5, 5.41) is 22.2. The van der Waals surface area contributed by atoms with Gasteiger partial charge in [-0.2, -0.15) is 5.10 Å². The molecule has 2 N–H and O–H groups in total. The summed E-state index contributed by atoms with van der Waals surface area (Å²) in [6.45, 7) is 2.52. The molecule has 0 spiro atoms. The second-order valence-electron chi connectivity index (χ2n) is 4.51. The van der Waals surface area contributed by atoms with Crippen LogP contribution in [0.4, 0.5) is 0 Å². The first-order valence-corrected chi connectivity index (χ1v) is 6.81. The van der Waals surface area contributed by atoms with Gasteiger partial charge in [0.25, 0.3) is 0 Å². The number of aliphatic hydroxyl groups is 1. The third kappa shape index (κ3) is 3.61. The zero-order chi connectivity index (χ0) is 15.2. The van der Waals surface area contributed by atoms with E-state index in [-0.39, 0.29) is 12.3 Å². The molecule has 0 unspecified atom stereocenters. The number of aromatic nitrogens is 2. The van der Waals surface area contributed by atoms with Crippen molar-refractivity contribution >= 4 is 5.97 Å². The number of hydrogen-bond donors (Lipinski definition) is 2. The molecule has 0 aliphatic heterocycles. The molecule has 6 nitrogen and oxygen atoms in total. The molecule has 0 atom stereocenters. The van der Waals surface area contributed by atoms with Crippen LogP contribution < -0.4 is 4.74 Å². The van der Waals surface area contributed by atoms with Gasteiger partial charge in [-0.1, -0.05) is 0 Å². The van der Waals surface area contributed by atoms with E-state index >= 15 is 0 Å². The first kappa shape index (κ1) is 15.1. The molecule has 1 heterocycles. The van der Waals surface area contributed by atoms with Crippen molar-refractivity contribution in [3.63, 3.8) is 0 Å². The molecule has 1 aromatic heterocycles. The Balaban J connectivity index is 2.28. The highest BCUT2D eigenvalue weighted by atomic mass is 16.5. The van der Waals surface area contributed by atoms with E-state index in [0.717, 1.165) is 11.4 Å². The number of carbonyl (C=O) groups is 1. The van der Waals surface area contributed by atoms with E-state index in [9.17, 15) is 9.90 Å². The van der Waals surface area contributed by atoms with Crippen LogP contribution in [0.25, 0.3) is 5.69 Å². The number of aliphatic hydroxyl groups excluding tert-OH is 1. The standard InChI is InChI=1S/C15H18N2O4/c1-2-21-13-7-5-12(6-8-13)17-10-11(4-3-9-18)14(16-17)15(19)20/h5-8,10,18H,2-4,9H2,1H3,(H,19,20). The second-order valence-corrected chi connectivity index (χ2v) is 4.51. The van der Waals surface area contributed by atoms with Crippen molar-refractivity contribution in [1.29, 1.82) is 0 Å². The summed E-state index contributed by atoms with van der Waals surface area (Å²) in [4.78, 5) is 11.2. The number of aromatic carboxylic acids is 1. The Hall–Kier alpha value is -2.34. The Labute approximate surface area is 122 Å². The lowest BCUT2D eigenvalue weighted by Gasteiger charge is -2.04. The van der Waals surface area contributed by atoms with Gasteiger partial charge >= 0.3 is 5.97 Å². The average Bonchev–Trinajstić information content (AvgIpc) is 2.90. The first-order chi connectivity index (χ1) is 10.2. The van der Waals surface area contributed by atoms with Gasteiger partial charge in [0.15, 0.2) is 5.69 Å². The minimum Gasteiger partial charge on any atom is -0.494 e. The molecule has 21 heavy (non-hydrogen) atoms. The molecule has 0 aliphatic rings. The maximum Gasteiger partial charge on any atom is 0.356 e. The lowest BCUT2D eigenvalue weighted by molar-refractivity contribution is 0.0688. The SMILES string of the molecule is CCOc1ccc(-n2cc(CCCO)c(C(=O)O)n2)cc1. The average molecular weight is 290 g/mol. The summed E-state index contributed by atoms with van der Waals surface area (Å²) in [5.74, 6) is -0.306. The van der Waals surface area contributed by atoms with E-state index in [1.807, 2.05) is 31.2 Å². The van der Waals surface area contributed by atoms with Crippen molar-refractivity contribution in [2.75, 3.05) is 13.2 Å². The van der Waals surface area contributed by atoms with Crippen LogP contribution in [-0.2, 0) is 6.42 Å². The van der Waals surface area contributed by atoms with Gasteiger partial charge in [0.2, 0.25) is 0 Å². The molecule has 0 fully saturated rings. The number of aryl methyl sites for hydroxylation is 1. The molecule has 0 aliphatic carbocycles. The van der Waals surface area contributed by atoms with Crippen LogP contribution in [0, 0.1) is 0 Å². The number of hydrogen-bond acceptors (Lipinski definition) is 4. The summed E-state index contributed by atoms with van der Waals surface area (Å²) in [7, 11) is 0. The van der Waals surface area contributed by atoms with Crippen molar-refractivity contribution < 1.29 is 19.7 Å². The molecule has 112 valence electrons. The molecule has 0 bridgehead atoms. The van der Waals surface area contributed by atoms with Crippen molar-refractivity contribution in [2.24, 2.45) is 0 Å². The summed E-state index contributed by atoms with van der Waals surface area (Å²) in [5.41, 5.74) is 1.40. The third-order valence-corrected chi connectivity index (χ3v) is 3.01. The van der Waals surface area contributed by atoms with Crippen LogP contribution in [-0.4, -0.2) is 39.2 Å². The van der Waals surface area contributed by atoms with E-state index in [2.05, 4.69) is 5.10 Å². The highest BCUT2D eigenvalue weighted by molar-refractivity contribution is 5.87. The molecule has 0 saturated heterocycles. The first-order valence-electron chi connectivity index (χ1n) is 6.81. The fraction of sp³-hybridized carbons (Fsp3) is 0.333. The van der Waals surface area contributed by atoms with E-state index in [0.29, 0.717) is 25.0 Å². The predicted octanol–water partition coefficient (Wildman–Crippen LogP) is 1.89. The summed E-state index contributed by atoms with van der Waals surface area (Å²) in [6.07, 6.45) is 2.68. The van der Waals surface area contributed by atoms with E-state index in [1.165, 1.54) is 4.68 Å². The van der Waals surface area contributed by atoms with E-state index in [1.54, 1.807) is 6.20 Å². The maximum absolute atomic E-state index is 11.2. The number of nitrogens with zero attached hydrogens (tertiary/aromatic N) is 2. The number of benzene rings is 1. The van der Waals surface area contributed by atoms with Crippen LogP contribution in [0.3, 0.4) is 0 Å². The van der Waals surface area contributed by atoms with Gasteiger partial charge in [-0.25, -0.2) is 9.48 Å². The lowest BCUT2D eigenvalue weighted by Crippen LogP contribution is -2.03. The second kappa shape index (κ2) is 6.90. The molecule has 1 aromatic carbocycles. The van der Waals surface area contributed by atoms with Crippen molar-refractivity contribution in [3.05, 3.63) is 41.7 Å². The van der Waals surface area contributed by atoms with Gasteiger partial charge in [-0.3, -0.25) is 0 Å². The van der Waals surface area contributed by atoms with Crippen molar-refractivity contribution in [1.82, 2.24) is 9.78 Å². The Bertz CT molecular complexity index is 605. The molecule has 0 radical (unpaired) electrons. The van der Waals surface area contributed by atoms with Crippen molar-refractivity contribution in [3.8, 4) is 11.4 Å². The van der Waals surface area contributed by atoms with Gasteiger partial charge in [-0.05, 0) is 44.0 Å². The zero-order valence-corrected chi connectivity index (χ0v) is 11.8. The smallest absolute Gasteiger partial charge is 0.356 e. The molecule has 6 heteroatoms. The minimum atomic E-state index is -1.06. The minimum absolute atomic E-state index is 0.0211. The summed E-state index contributed by atoms with van der Waals surface area (Å²) in [6, 6.07) is 7.27. The molecule has 0 saturated carbocycles. The molecular formula is C15H18N2O4. The number of carboxylic acid groups (broad SMARTS) is 1. The fourth-order valence-corrected chi connectivity index (χ4v) is 2.04. The molecule has 2 rings (SSSR count). The van der Waals surface area contributed by atoms with Crippen LogP contribution in [0.5, 0.6) is 5.75 Å². The number of carboxylic acids is 1. The highest BCUT2D eigenvalue weighted by Gasteiger charge is 2.16. The van der Waals surface area contributed by atoms with Gasteiger partial charge in [-0.15, -0.1) is 0 Å². The Morgan fingerprint density at radius 1 is 1.33 bits per heavy atom. The predicted molar refractivity (Wildman–Crippen MR) is 77.1 cm³/mol. The van der Waals surface area contributed by atoms with Gasteiger partial charge in [0.1, 0.15) is 5.75 Å². The molecular weight excluding hydrogens is 272 g/mol. The Morgan fingerprint density at radius 3 is 2.62 bits per heavy atom. The molecule has 0 amide bonds. The summed E-state index contributed by atoms with van der Waals surface area (Å²) < 4.78 is 6.90. The van der Waals surface area contributed by atoms with Crippen LogP contribution >= 0.6 is 0 Å². The Kier molecular flexibility index (Phi) is 4.94. The zero-order valence-electron chi connectivity index (χ0n) is 11.8. The Morgan fingerprint density at radius 2 is 2.05 bits per heavy atom. The van der Waals surface area contributed by atoms with E-state index in [4.69, 9.17) is 9.84 Å². The normalized spacial score (nSPS) is 10.6. The highest BCUT2D eigenvalue weighted by Crippen LogP contribution is 2.18. The van der Waals surface area contributed by atoms with Crippen LogP contribution in [0.2, 0.25) is 0 Å². The maximum atomic E-state index is 11.2. The quantitative estimate of drug-likeness (QED) is 0.813. The summed E-state index contributed by atoms with van der Waals surface area (Å²) >= 11 is 0. The number of ether oxygens (including phenoxy) is 1. The van der Waals surface area contributed by atoms with Gasteiger partial charge < -0.3 is 14.9 Å². The third-order valence-electron chi connectivity index (χ3n) is 3.01. The monoisotopic (exact) mass is 290 g/mol. The molecule has 2 aromatic rings. The van der Waals surface area contributed by atoms with Gasteiger partial charge in [0.05, 0.1) is 12.3 Å². The van der Waals surface area contributed by atoms with E-state index < -0.39 is 5.97 Å².